The molecule has 2 amide bonds. The summed E-state index contributed by atoms with van der Waals surface area (Å²) >= 11 is 0. The normalized spacial score (nSPS) is 24.6. The van der Waals surface area contributed by atoms with Gasteiger partial charge in [0.1, 0.15) is 0 Å². The van der Waals surface area contributed by atoms with Crippen molar-refractivity contribution >= 4 is 11.8 Å². The highest BCUT2D eigenvalue weighted by molar-refractivity contribution is 5.79. The molecule has 2 saturated heterocycles. The van der Waals surface area contributed by atoms with Crippen molar-refractivity contribution in [1.82, 2.24) is 20.0 Å². The zero-order valence-corrected chi connectivity index (χ0v) is 15.9. The van der Waals surface area contributed by atoms with E-state index in [1.54, 1.807) is 6.92 Å². The van der Waals surface area contributed by atoms with Crippen molar-refractivity contribution in [3.63, 3.8) is 0 Å². The molecule has 2 aliphatic rings. The Kier molecular flexibility index (Phi) is 6.27. The zero-order valence-electron chi connectivity index (χ0n) is 15.9. The number of likely N-dealkylation sites (tertiary alicyclic amines) is 1. The minimum atomic E-state index is -0.0225. The summed E-state index contributed by atoms with van der Waals surface area (Å²) in [6.45, 7) is 10.5. The van der Waals surface area contributed by atoms with E-state index in [1.807, 2.05) is 23.1 Å². The first-order chi connectivity index (χ1) is 12.6. The summed E-state index contributed by atoms with van der Waals surface area (Å²) in [5.41, 5.74) is 1.18. The van der Waals surface area contributed by atoms with Crippen LogP contribution in [0.3, 0.4) is 0 Å². The molecule has 2 aliphatic heterocycles. The van der Waals surface area contributed by atoms with E-state index < -0.39 is 0 Å². The van der Waals surface area contributed by atoms with Crippen LogP contribution in [0.1, 0.15) is 25.3 Å². The average molecular weight is 358 g/mol. The second kappa shape index (κ2) is 8.64. The number of amides is 2. The van der Waals surface area contributed by atoms with Gasteiger partial charge >= 0.3 is 0 Å². The molecule has 6 nitrogen and oxygen atoms in total. The van der Waals surface area contributed by atoms with Gasteiger partial charge in [0.15, 0.2) is 0 Å². The van der Waals surface area contributed by atoms with Gasteiger partial charge in [-0.15, -0.1) is 0 Å². The number of piperazine rings is 1. The average Bonchev–Trinajstić information content (AvgIpc) is 3.07. The molecule has 142 valence electrons. The molecular formula is C20H30N4O2. The van der Waals surface area contributed by atoms with E-state index in [-0.39, 0.29) is 23.8 Å². The molecular weight excluding hydrogens is 328 g/mol. The molecule has 1 aromatic carbocycles. The van der Waals surface area contributed by atoms with E-state index in [2.05, 4.69) is 34.2 Å². The van der Waals surface area contributed by atoms with Gasteiger partial charge in [0.2, 0.25) is 11.8 Å². The summed E-state index contributed by atoms with van der Waals surface area (Å²) in [6, 6.07) is 10.2. The Balaban J connectivity index is 1.59. The quantitative estimate of drug-likeness (QED) is 0.844. The van der Waals surface area contributed by atoms with Crippen LogP contribution in [-0.4, -0.2) is 84.9 Å². The zero-order chi connectivity index (χ0) is 18.5. The number of hydrogen-bond acceptors (Lipinski definition) is 4. The number of hydrogen-bond donors (Lipinski definition) is 1. The highest BCUT2D eigenvalue weighted by atomic mass is 16.2. The first kappa shape index (κ1) is 18.9. The minimum absolute atomic E-state index is 0.0225. The van der Waals surface area contributed by atoms with Crippen LogP contribution >= 0.6 is 0 Å². The Morgan fingerprint density at radius 3 is 2.31 bits per heavy atom. The van der Waals surface area contributed by atoms with Crippen LogP contribution in [-0.2, 0) is 9.59 Å². The molecule has 0 spiro atoms. The molecule has 0 bridgehead atoms. The molecule has 2 fully saturated rings. The van der Waals surface area contributed by atoms with Crippen molar-refractivity contribution < 1.29 is 9.59 Å². The van der Waals surface area contributed by atoms with Crippen molar-refractivity contribution in [1.29, 1.82) is 0 Å². The predicted octanol–water partition coefficient (Wildman–Crippen LogP) is 0.755. The van der Waals surface area contributed by atoms with Crippen molar-refractivity contribution in [2.45, 2.75) is 25.8 Å². The number of likely N-dealkylation sites (N-methyl/N-ethyl adjacent to an activating group) is 1. The number of nitrogens with zero attached hydrogens (tertiary/aromatic N) is 3. The van der Waals surface area contributed by atoms with Crippen LogP contribution in [0.15, 0.2) is 30.3 Å². The number of rotatable bonds is 5. The fourth-order valence-corrected chi connectivity index (χ4v) is 3.96. The summed E-state index contributed by atoms with van der Waals surface area (Å²) in [4.78, 5) is 30.9. The molecule has 0 unspecified atom stereocenters. The minimum Gasteiger partial charge on any atom is -0.350 e. The Morgan fingerprint density at radius 2 is 1.69 bits per heavy atom. The standard InChI is InChI=1S/C20H30N4O2/c1-3-22-9-11-23(12-10-22)15-20(26)21-19-14-24(16(2)25)13-18(19)17-7-5-4-6-8-17/h4-8,18-19H,3,9-15H2,1-2H3,(H,21,26)/t18-,19+/m1/s1. The maximum Gasteiger partial charge on any atom is 0.234 e. The number of carbonyl (C=O) groups is 2. The second-order valence-electron chi connectivity index (χ2n) is 7.33. The monoisotopic (exact) mass is 358 g/mol. The van der Waals surface area contributed by atoms with Crippen molar-refractivity contribution in [3.8, 4) is 0 Å². The smallest absolute Gasteiger partial charge is 0.234 e. The Bertz CT molecular complexity index is 613. The van der Waals surface area contributed by atoms with Gasteiger partial charge in [-0.3, -0.25) is 14.5 Å². The predicted molar refractivity (Wildman–Crippen MR) is 102 cm³/mol. The molecule has 1 N–H and O–H groups in total. The Labute approximate surface area is 156 Å². The summed E-state index contributed by atoms with van der Waals surface area (Å²) in [6.07, 6.45) is 0. The molecule has 0 aromatic heterocycles. The lowest BCUT2D eigenvalue weighted by atomic mass is 9.94. The maximum absolute atomic E-state index is 12.6. The van der Waals surface area contributed by atoms with Crippen molar-refractivity contribution in [2.75, 3.05) is 52.4 Å². The van der Waals surface area contributed by atoms with Crippen LogP contribution in [0.4, 0.5) is 0 Å². The van der Waals surface area contributed by atoms with Gasteiger partial charge < -0.3 is 15.1 Å². The van der Waals surface area contributed by atoms with Crippen LogP contribution in [0.2, 0.25) is 0 Å². The van der Waals surface area contributed by atoms with Crippen LogP contribution < -0.4 is 5.32 Å². The molecule has 2 atom stereocenters. The Morgan fingerprint density at radius 1 is 1.04 bits per heavy atom. The van der Waals surface area contributed by atoms with E-state index in [9.17, 15) is 9.59 Å². The molecule has 6 heteroatoms. The van der Waals surface area contributed by atoms with Crippen LogP contribution in [0.25, 0.3) is 0 Å². The summed E-state index contributed by atoms with van der Waals surface area (Å²) in [7, 11) is 0. The summed E-state index contributed by atoms with van der Waals surface area (Å²) < 4.78 is 0. The molecule has 0 aliphatic carbocycles. The van der Waals surface area contributed by atoms with E-state index in [1.165, 1.54) is 5.56 Å². The van der Waals surface area contributed by atoms with Crippen LogP contribution in [0.5, 0.6) is 0 Å². The van der Waals surface area contributed by atoms with Crippen molar-refractivity contribution in [2.24, 2.45) is 0 Å². The van der Waals surface area contributed by atoms with Gasteiger partial charge in [0, 0.05) is 52.1 Å². The topological polar surface area (TPSA) is 55.9 Å². The highest BCUT2D eigenvalue weighted by Crippen LogP contribution is 2.27. The molecule has 0 radical (unpaired) electrons. The van der Waals surface area contributed by atoms with E-state index in [0.29, 0.717) is 19.6 Å². The summed E-state index contributed by atoms with van der Waals surface area (Å²) in [5, 5.41) is 3.20. The molecule has 3 rings (SSSR count). The molecule has 2 heterocycles. The largest absolute Gasteiger partial charge is 0.350 e. The Hall–Kier alpha value is -1.92. The van der Waals surface area contributed by atoms with Gasteiger partial charge in [-0.05, 0) is 12.1 Å². The SMILES string of the molecule is CCN1CCN(CC(=O)N[C@H]2CN(C(C)=O)C[C@@H]2c2ccccc2)CC1. The first-order valence-electron chi connectivity index (χ1n) is 9.61. The number of carbonyl (C=O) groups excluding carboxylic acids is 2. The lowest BCUT2D eigenvalue weighted by Crippen LogP contribution is -2.51. The molecule has 1 aromatic rings. The third-order valence-corrected chi connectivity index (χ3v) is 5.62. The highest BCUT2D eigenvalue weighted by Gasteiger charge is 2.36. The lowest BCUT2D eigenvalue weighted by molar-refractivity contribution is -0.128. The third kappa shape index (κ3) is 4.62. The van der Waals surface area contributed by atoms with E-state index in [4.69, 9.17) is 0 Å². The number of nitrogens with one attached hydrogen (secondary N) is 1. The molecule has 0 saturated carbocycles. The lowest BCUT2D eigenvalue weighted by Gasteiger charge is -2.33. The van der Waals surface area contributed by atoms with Crippen molar-refractivity contribution in [3.05, 3.63) is 35.9 Å². The fraction of sp³-hybridized carbons (Fsp3) is 0.600. The van der Waals surface area contributed by atoms with Crippen LogP contribution in [0, 0.1) is 0 Å². The third-order valence-electron chi connectivity index (χ3n) is 5.62. The van der Waals surface area contributed by atoms with Gasteiger partial charge in [0.05, 0.1) is 12.6 Å². The van der Waals surface area contributed by atoms with Gasteiger partial charge in [0.25, 0.3) is 0 Å². The van der Waals surface area contributed by atoms with Gasteiger partial charge in [-0.1, -0.05) is 37.3 Å². The first-order valence-corrected chi connectivity index (χ1v) is 9.61. The van der Waals surface area contributed by atoms with E-state index >= 15 is 0 Å². The van der Waals surface area contributed by atoms with E-state index in [0.717, 1.165) is 32.7 Å². The maximum atomic E-state index is 12.6. The number of benzene rings is 1. The van der Waals surface area contributed by atoms with Gasteiger partial charge in [-0.25, -0.2) is 0 Å². The summed E-state index contributed by atoms with van der Waals surface area (Å²) in [5.74, 6) is 0.283. The fourth-order valence-electron chi connectivity index (χ4n) is 3.96. The molecule has 26 heavy (non-hydrogen) atoms. The van der Waals surface area contributed by atoms with Gasteiger partial charge in [-0.2, -0.15) is 0 Å². The second-order valence-corrected chi connectivity index (χ2v) is 7.33.